The van der Waals surface area contributed by atoms with E-state index in [2.05, 4.69) is 0 Å². The molecular formula is C13H24O7. The quantitative estimate of drug-likeness (QED) is 0.460. The summed E-state index contributed by atoms with van der Waals surface area (Å²) in [7, 11) is 0. The number of carboxylic acids is 1. The lowest BCUT2D eigenvalue weighted by molar-refractivity contribution is -0.261. The van der Waals surface area contributed by atoms with Gasteiger partial charge in [-0.3, -0.25) is 4.79 Å². The summed E-state index contributed by atoms with van der Waals surface area (Å²) in [5, 5.41) is 37.0. The molecule has 0 amide bonds. The fourth-order valence-electron chi connectivity index (χ4n) is 2.08. The number of aliphatic carboxylic acids is 1. The highest BCUT2D eigenvalue weighted by molar-refractivity contribution is 5.67. The minimum atomic E-state index is -1.01. The minimum absolute atomic E-state index is 0.225. The van der Waals surface area contributed by atoms with Gasteiger partial charge in [0.1, 0.15) is 6.10 Å². The van der Waals surface area contributed by atoms with Crippen molar-refractivity contribution in [2.45, 2.75) is 69.7 Å². The molecule has 1 aliphatic rings. The molecule has 0 bridgehead atoms. The normalized spacial score (nSPS) is 32.0. The molecule has 1 fully saturated rings. The molecule has 1 saturated heterocycles. The van der Waals surface area contributed by atoms with Crippen molar-refractivity contribution in [2.75, 3.05) is 6.61 Å². The smallest absolute Gasteiger partial charge is 0.305 e. The summed E-state index contributed by atoms with van der Waals surface area (Å²) in [6.07, 6.45) is -1.83. The number of rotatable bonds is 8. The Morgan fingerprint density at radius 2 is 2.05 bits per heavy atom. The van der Waals surface area contributed by atoms with Crippen molar-refractivity contribution < 1.29 is 34.7 Å². The fourth-order valence-corrected chi connectivity index (χ4v) is 2.08. The van der Waals surface area contributed by atoms with Crippen LogP contribution in [0.1, 0.15) is 39.0 Å². The van der Waals surface area contributed by atoms with Crippen LogP contribution in [0.4, 0.5) is 0 Å². The van der Waals surface area contributed by atoms with Crippen molar-refractivity contribution in [1.82, 2.24) is 0 Å². The molecule has 0 radical (unpaired) electrons. The third kappa shape index (κ3) is 6.15. The maximum atomic E-state index is 10.3. The van der Waals surface area contributed by atoms with Crippen LogP contribution in [0.5, 0.6) is 0 Å². The van der Waals surface area contributed by atoms with Crippen molar-refractivity contribution in [3.8, 4) is 0 Å². The number of carbonyl (C=O) groups is 1. The van der Waals surface area contributed by atoms with Gasteiger partial charge in [0.05, 0.1) is 24.7 Å². The Hall–Kier alpha value is -0.730. The van der Waals surface area contributed by atoms with Crippen LogP contribution in [-0.2, 0) is 14.3 Å². The highest BCUT2D eigenvalue weighted by Crippen LogP contribution is 2.21. The Balaban J connectivity index is 2.10. The highest BCUT2D eigenvalue weighted by atomic mass is 16.7. The highest BCUT2D eigenvalue weighted by Gasteiger charge is 2.34. The third-order valence-electron chi connectivity index (χ3n) is 3.31. The first-order chi connectivity index (χ1) is 9.40. The minimum Gasteiger partial charge on any atom is -0.481 e. The molecule has 0 saturated carbocycles. The number of ether oxygens (including phenoxy) is 2. The van der Waals surface area contributed by atoms with Gasteiger partial charge in [0.2, 0.25) is 0 Å². The van der Waals surface area contributed by atoms with Crippen molar-refractivity contribution in [1.29, 1.82) is 0 Å². The number of hydrogen-bond acceptors (Lipinski definition) is 6. The van der Waals surface area contributed by atoms with Crippen molar-refractivity contribution in [3.63, 3.8) is 0 Å². The molecule has 0 aromatic rings. The molecule has 0 aromatic heterocycles. The van der Waals surface area contributed by atoms with E-state index in [1.54, 1.807) is 6.92 Å². The average Bonchev–Trinajstić information content (AvgIpc) is 2.34. The van der Waals surface area contributed by atoms with Crippen molar-refractivity contribution >= 4 is 5.97 Å². The number of carboxylic acid groups (broad SMARTS) is 1. The standard InChI is InChI=1S/C13H24O7/c1-8-10(15)7-11(16)13(20-8)19-5-3-2-4-9(14)6-12(17)18/h8-11,13-16H,2-7H2,1H3,(H,17,18)/t8-,9+,10+,11+,13+/m0/s1. The van der Waals surface area contributed by atoms with Crippen LogP contribution in [0.3, 0.4) is 0 Å². The van der Waals surface area contributed by atoms with Crippen LogP contribution in [0.25, 0.3) is 0 Å². The molecule has 1 heterocycles. The van der Waals surface area contributed by atoms with E-state index in [9.17, 15) is 20.1 Å². The average molecular weight is 292 g/mol. The predicted molar refractivity (Wildman–Crippen MR) is 69.0 cm³/mol. The van der Waals surface area contributed by atoms with Crippen molar-refractivity contribution in [3.05, 3.63) is 0 Å². The molecule has 0 spiro atoms. The summed E-state index contributed by atoms with van der Waals surface area (Å²) in [6, 6.07) is 0. The maximum absolute atomic E-state index is 10.3. The molecule has 4 N–H and O–H groups in total. The van der Waals surface area contributed by atoms with Gasteiger partial charge < -0.3 is 29.9 Å². The zero-order chi connectivity index (χ0) is 15.1. The molecule has 0 aromatic carbocycles. The third-order valence-corrected chi connectivity index (χ3v) is 3.31. The fraction of sp³-hybridized carbons (Fsp3) is 0.923. The van der Waals surface area contributed by atoms with Crippen LogP contribution >= 0.6 is 0 Å². The van der Waals surface area contributed by atoms with E-state index in [1.165, 1.54) is 0 Å². The Bertz CT molecular complexity index is 296. The maximum Gasteiger partial charge on any atom is 0.305 e. The lowest BCUT2D eigenvalue weighted by Gasteiger charge is -2.35. The summed E-state index contributed by atoms with van der Waals surface area (Å²) in [4.78, 5) is 10.3. The van der Waals surface area contributed by atoms with Gasteiger partial charge in [-0.25, -0.2) is 0 Å². The monoisotopic (exact) mass is 292 g/mol. The number of aliphatic hydroxyl groups excluding tert-OH is 3. The molecule has 5 atom stereocenters. The largest absolute Gasteiger partial charge is 0.481 e. The second-order valence-corrected chi connectivity index (χ2v) is 5.20. The zero-order valence-corrected chi connectivity index (χ0v) is 11.6. The van der Waals surface area contributed by atoms with Gasteiger partial charge in [-0.1, -0.05) is 0 Å². The summed E-state index contributed by atoms with van der Waals surface area (Å²) in [5.74, 6) is -1.01. The lowest BCUT2D eigenvalue weighted by atomic mass is 10.0. The van der Waals surface area contributed by atoms with Gasteiger partial charge in [-0.05, 0) is 26.2 Å². The van der Waals surface area contributed by atoms with Gasteiger partial charge in [-0.2, -0.15) is 0 Å². The van der Waals surface area contributed by atoms with E-state index in [0.717, 1.165) is 0 Å². The van der Waals surface area contributed by atoms with E-state index in [4.69, 9.17) is 14.6 Å². The topological polar surface area (TPSA) is 116 Å². The zero-order valence-electron chi connectivity index (χ0n) is 11.6. The number of unbranched alkanes of at least 4 members (excludes halogenated alkanes) is 1. The Labute approximate surface area is 118 Å². The molecule has 7 nitrogen and oxygen atoms in total. The molecule has 1 aliphatic heterocycles. The van der Waals surface area contributed by atoms with Crippen LogP contribution in [0.2, 0.25) is 0 Å². The summed E-state index contributed by atoms with van der Waals surface area (Å²) in [5.41, 5.74) is 0. The van der Waals surface area contributed by atoms with Crippen LogP contribution in [-0.4, -0.2) is 63.7 Å². The SMILES string of the molecule is C[C@@H]1O[C@@H](OCCCC[C@@H](O)CC(=O)O)[C@H](O)C[C@H]1O. The van der Waals surface area contributed by atoms with Crippen LogP contribution in [0, 0.1) is 0 Å². The first-order valence-electron chi connectivity index (χ1n) is 6.93. The van der Waals surface area contributed by atoms with Gasteiger partial charge in [0.15, 0.2) is 6.29 Å². The summed E-state index contributed by atoms with van der Waals surface area (Å²) < 4.78 is 10.7. The summed E-state index contributed by atoms with van der Waals surface area (Å²) >= 11 is 0. The Morgan fingerprint density at radius 1 is 1.35 bits per heavy atom. The Morgan fingerprint density at radius 3 is 2.70 bits per heavy atom. The van der Waals surface area contributed by atoms with Gasteiger partial charge in [0, 0.05) is 13.0 Å². The Kier molecular flexibility index (Phi) is 7.39. The second-order valence-electron chi connectivity index (χ2n) is 5.20. The molecule has 0 unspecified atom stereocenters. The van der Waals surface area contributed by atoms with E-state index >= 15 is 0 Å². The molecular weight excluding hydrogens is 268 g/mol. The number of aliphatic hydroxyl groups is 3. The van der Waals surface area contributed by atoms with Crippen LogP contribution in [0.15, 0.2) is 0 Å². The lowest BCUT2D eigenvalue weighted by Crippen LogP contribution is -2.47. The van der Waals surface area contributed by atoms with Crippen LogP contribution < -0.4 is 0 Å². The molecule has 7 heteroatoms. The molecule has 20 heavy (non-hydrogen) atoms. The predicted octanol–water partition coefficient (Wildman–Crippen LogP) is -0.134. The first kappa shape index (κ1) is 17.3. The van der Waals surface area contributed by atoms with E-state index in [1.807, 2.05) is 0 Å². The van der Waals surface area contributed by atoms with E-state index in [0.29, 0.717) is 25.9 Å². The van der Waals surface area contributed by atoms with Gasteiger partial charge in [0.25, 0.3) is 0 Å². The first-order valence-corrected chi connectivity index (χ1v) is 6.93. The van der Waals surface area contributed by atoms with Crippen molar-refractivity contribution in [2.24, 2.45) is 0 Å². The second kappa shape index (κ2) is 8.53. The van der Waals surface area contributed by atoms with Gasteiger partial charge >= 0.3 is 5.97 Å². The van der Waals surface area contributed by atoms with E-state index in [-0.39, 0.29) is 18.9 Å². The van der Waals surface area contributed by atoms with E-state index < -0.39 is 30.6 Å². The molecule has 0 aliphatic carbocycles. The number of hydrogen-bond donors (Lipinski definition) is 4. The van der Waals surface area contributed by atoms with Gasteiger partial charge in [-0.15, -0.1) is 0 Å². The summed E-state index contributed by atoms with van der Waals surface area (Å²) in [6.45, 7) is 2.07. The molecule has 118 valence electrons. The molecule has 1 rings (SSSR count).